The molecule has 4 nitrogen and oxygen atoms in total. The van der Waals surface area contributed by atoms with Crippen LogP contribution in [0.3, 0.4) is 0 Å². The maximum atomic E-state index is 5.06. The summed E-state index contributed by atoms with van der Waals surface area (Å²) in [6.07, 6.45) is 2.78. The minimum Gasteiger partial charge on any atom is -0.384 e. The van der Waals surface area contributed by atoms with E-state index in [9.17, 15) is 0 Å². The number of aryl methyl sites for hydroxylation is 1. The molecule has 0 aliphatic carbocycles. The van der Waals surface area contributed by atoms with Crippen molar-refractivity contribution in [3.63, 3.8) is 0 Å². The third-order valence-electron chi connectivity index (χ3n) is 2.33. The zero-order valence-corrected chi connectivity index (χ0v) is 12.3. The molecule has 1 aromatic rings. The first-order chi connectivity index (χ1) is 8.22. The highest BCUT2D eigenvalue weighted by molar-refractivity contribution is 9.10. The Morgan fingerprint density at radius 2 is 2.00 bits per heavy atom. The van der Waals surface area contributed by atoms with E-state index < -0.39 is 0 Å². The fourth-order valence-corrected chi connectivity index (χ4v) is 2.05. The van der Waals surface area contributed by atoms with Crippen molar-refractivity contribution in [3.05, 3.63) is 16.0 Å². The molecule has 0 bridgehead atoms. The number of hydrogen-bond donors (Lipinski definition) is 1. The molecular weight excluding hydrogens is 282 g/mol. The van der Waals surface area contributed by atoms with Crippen LogP contribution in [0.15, 0.2) is 4.47 Å². The van der Waals surface area contributed by atoms with Crippen molar-refractivity contribution in [3.8, 4) is 0 Å². The molecule has 0 atom stereocenters. The van der Waals surface area contributed by atoms with Gasteiger partial charge in [-0.1, -0.05) is 13.3 Å². The normalized spacial score (nSPS) is 10.6. The zero-order valence-electron chi connectivity index (χ0n) is 10.7. The second-order valence-corrected chi connectivity index (χ2v) is 4.57. The minimum absolute atomic E-state index is 0.652. The first kappa shape index (κ1) is 14.4. The number of rotatable bonds is 7. The maximum absolute atomic E-state index is 5.06. The van der Waals surface area contributed by atoms with Gasteiger partial charge in [0.1, 0.15) is 11.6 Å². The summed E-state index contributed by atoms with van der Waals surface area (Å²) in [5.74, 6) is 1.73. The van der Waals surface area contributed by atoms with Crippen molar-refractivity contribution < 1.29 is 4.74 Å². The van der Waals surface area contributed by atoms with Crippen LogP contribution >= 0.6 is 15.9 Å². The Kier molecular flexibility index (Phi) is 6.44. The largest absolute Gasteiger partial charge is 0.384 e. The lowest BCUT2D eigenvalue weighted by Gasteiger charge is -2.11. The summed E-state index contributed by atoms with van der Waals surface area (Å²) >= 11 is 3.57. The van der Waals surface area contributed by atoms with Crippen LogP contribution in [-0.2, 0) is 17.6 Å². The first-order valence-electron chi connectivity index (χ1n) is 6.01. The van der Waals surface area contributed by atoms with Gasteiger partial charge in [0, 0.05) is 20.1 Å². The molecule has 0 fully saturated rings. The number of nitrogens with zero attached hydrogens (tertiary/aromatic N) is 2. The molecule has 17 heavy (non-hydrogen) atoms. The monoisotopic (exact) mass is 301 g/mol. The van der Waals surface area contributed by atoms with Crippen LogP contribution in [0.2, 0.25) is 0 Å². The minimum atomic E-state index is 0.652. The summed E-state index contributed by atoms with van der Waals surface area (Å²) < 4.78 is 6.05. The van der Waals surface area contributed by atoms with Crippen LogP contribution in [0.25, 0.3) is 0 Å². The fourth-order valence-electron chi connectivity index (χ4n) is 1.54. The second kappa shape index (κ2) is 7.61. The van der Waals surface area contributed by atoms with Crippen molar-refractivity contribution in [1.29, 1.82) is 0 Å². The molecule has 1 heterocycles. The first-order valence-corrected chi connectivity index (χ1v) is 6.80. The SMILES string of the molecule is CCCc1nc(CCOC)nc(NCC)c1Br. The van der Waals surface area contributed by atoms with E-state index in [1.54, 1.807) is 7.11 Å². The third kappa shape index (κ3) is 4.24. The molecule has 96 valence electrons. The molecule has 0 aliphatic rings. The van der Waals surface area contributed by atoms with Gasteiger partial charge in [-0.2, -0.15) is 0 Å². The number of nitrogens with one attached hydrogen (secondary N) is 1. The molecule has 0 spiro atoms. The Labute approximate surface area is 111 Å². The van der Waals surface area contributed by atoms with Crippen LogP contribution in [0.5, 0.6) is 0 Å². The van der Waals surface area contributed by atoms with Gasteiger partial charge in [-0.05, 0) is 29.3 Å². The lowest BCUT2D eigenvalue weighted by Crippen LogP contribution is -2.09. The lowest BCUT2D eigenvalue weighted by molar-refractivity contribution is 0.200. The molecule has 0 aliphatic heterocycles. The van der Waals surface area contributed by atoms with Gasteiger partial charge in [0.25, 0.3) is 0 Å². The van der Waals surface area contributed by atoms with Gasteiger partial charge in [0.2, 0.25) is 0 Å². The standard InChI is InChI=1S/C12H20BrN3O/c1-4-6-9-11(13)12(14-5-2)16-10(15-9)7-8-17-3/h4-8H2,1-3H3,(H,14,15,16). The van der Waals surface area contributed by atoms with Gasteiger partial charge >= 0.3 is 0 Å². The van der Waals surface area contributed by atoms with E-state index in [1.807, 2.05) is 0 Å². The Hall–Kier alpha value is -0.680. The van der Waals surface area contributed by atoms with E-state index in [1.165, 1.54) is 0 Å². The number of anilines is 1. The topological polar surface area (TPSA) is 47.0 Å². The van der Waals surface area contributed by atoms with Crippen molar-refractivity contribution in [2.45, 2.75) is 33.1 Å². The number of hydrogen-bond acceptors (Lipinski definition) is 4. The molecule has 5 heteroatoms. The van der Waals surface area contributed by atoms with Crippen molar-refractivity contribution >= 4 is 21.7 Å². The molecule has 1 N–H and O–H groups in total. The number of methoxy groups -OCH3 is 1. The highest BCUT2D eigenvalue weighted by Gasteiger charge is 2.11. The van der Waals surface area contributed by atoms with E-state index >= 15 is 0 Å². The summed E-state index contributed by atoms with van der Waals surface area (Å²) in [6, 6.07) is 0. The Morgan fingerprint density at radius 3 is 2.59 bits per heavy atom. The molecule has 0 saturated heterocycles. The molecule has 0 aromatic carbocycles. The molecule has 0 amide bonds. The summed E-state index contributed by atoms with van der Waals surface area (Å²) in [5.41, 5.74) is 1.07. The molecule has 0 radical (unpaired) electrons. The summed E-state index contributed by atoms with van der Waals surface area (Å²) in [5, 5.41) is 3.25. The second-order valence-electron chi connectivity index (χ2n) is 3.77. The van der Waals surface area contributed by atoms with Crippen LogP contribution in [0.4, 0.5) is 5.82 Å². The van der Waals surface area contributed by atoms with E-state index in [0.29, 0.717) is 6.61 Å². The van der Waals surface area contributed by atoms with Crippen LogP contribution in [-0.4, -0.2) is 30.2 Å². The van der Waals surface area contributed by atoms with Gasteiger partial charge < -0.3 is 10.1 Å². The highest BCUT2D eigenvalue weighted by atomic mass is 79.9. The average Bonchev–Trinajstić information content (AvgIpc) is 2.32. The van der Waals surface area contributed by atoms with Gasteiger partial charge in [-0.25, -0.2) is 9.97 Å². The maximum Gasteiger partial charge on any atom is 0.144 e. The Morgan fingerprint density at radius 1 is 1.24 bits per heavy atom. The van der Waals surface area contributed by atoms with Crippen molar-refractivity contribution in [2.24, 2.45) is 0 Å². The molecule has 0 unspecified atom stereocenters. The van der Waals surface area contributed by atoms with Gasteiger partial charge in [0.15, 0.2) is 0 Å². The van der Waals surface area contributed by atoms with Gasteiger partial charge in [-0.15, -0.1) is 0 Å². The number of aromatic nitrogens is 2. The van der Waals surface area contributed by atoms with E-state index in [4.69, 9.17) is 4.74 Å². The molecule has 1 aromatic heterocycles. The van der Waals surface area contributed by atoms with Crippen LogP contribution in [0, 0.1) is 0 Å². The lowest BCUT2D eigenvalue weighted by atomic mass is 10.2. The molecule has 0 saturated carbocycles. The predicted octanol–water partition coefficient (Wildman–Crippen LogP) is 2.81. The average molecular weight is 302 g/mol. The summed E-state index contributed by atoms with van der Waals surface area (Å²) in [4.78, 5) is 9.06. The van der Waals surface area contributed by atoms with Crippen LogP contribution in [0.1, 0.15) is 31.8 Å². The zero-order chi connectivity index (χ0) is 12.7. The number of halogens is 1. The highest BCUT2D eigenvalue weighted by Crippen LogP contribution is 2.24. The van der Waals surface area contributed by atoms with E-state index in [-0.39, 0.29) is 0 Å². The van der Waals surface area contributed by atoms with E-state index in [2.05, 4.69) is 45.1 Å². The van der Waals surface area contributed by atoms with Gasteiger partial charge in [0.05, 0.1) is 16.8 Å². The molecular formula is C12H20BrN3O. The smallest absolute Gasteiger partial charge is 0.144 e. The van der Waals surface area contributed by atoms with Crippen molar-refractivity contribution in [2.75, 3.05) is 25.6 Å². The Bertz CT molecular complexity index is 331. The predicted molar refractivity (Wildman–Crippen MR) is 73.5 cm³/mol. The van der Waals surface area contributed by atoms with E-state index in [0.717, 1.165) is 47.6 Å². The summed E-state index contributed by atoms with van der Waals surface area (Å²) in [6.45, 7) is 5.71. The molecule has 1 rings (SSSR count). The van der Waals surface area contributed by atoms with Crippen LogP contribution < -0.4 is 5.32 Å². The Balaban J connectivity index is 2.98. The number of ether oxygens (including phenoxy) is 1. The fraction of sp³-hybridized carbons (Fsp3) is 0.667. The summed E-state index contributed by atoms with van der Waals surface area (Å²) in [7, 11) is 1.69. The van der Waals surface area contributed by atoms with Gasteiger partial charge in [-0.3, -0.25) is 0 Å². The van der Waals surface area contributed by atoms with Crippen molar-refractivity contribution in [1.82, 2.24) is 9.97 Å². The quantitative estimate of drug-likeness (QED) is 0.841. The third-order valence-corrected chi connectivity index (χ3v) is 3.16.